The Hall–Kier alpha value is -1.81. The fourth-order valence-corrected chi connectivity index (χ4v) is 2.81. The molecule has 0 unspecified atom stereocenters. The predicted molar refractivity (Wildman–Crippen MR) is 81.3 cm³/mol. The third kappa shape index (κ3) is 2.43. The van der Waals surface area contributed by atoms with Gasteiger partial charge >= 0.3 is 0 Å². The summed E-state index contributed by atoms with van der Waals surface area (Å²) in [7, 11) is 0. The van der Waals surface area contributed by atoms with Crippen molar-refractivity contribution in [2.24, 2.45) is 0 Å². The average molecular weight is 290 g/mol. The van der Waals surface area contributed by atoms with Crippen molar-refractivity contribution >= 4 is 34.1 Å². The Bertz CT molecular complexity index is 618. The van der Waals surface area contributed by atoms with Crippen LogP contribution >= 0.6 is 11.6 Å². The molecular weight excluding hydrogens is 274 g/mol. The van der Waals surface area contributed by atoms with Gasteiger partial charge in [0.05, 0.1) is 5.52 Å². The zero-order valence-corrected chi connectivity index (χ0v) is 11.9. The number of carbonyl (C=O) groups is 1. The smallest absolute Gasteiger partial charge is 0.237 e. The number of fused-ring (bicyclic) bond motifs is 1. The van der Waals surface area contributed by atoms with Crippen LogP contribution in [-0.4, -0.2) is 47.9 Å². The van der Waals surface area contributed by atoms with Crippen LogP contribution < -0.4 is 4.90 Å². The molecule has 1 amide bonds. The van der Waals surface area contributed by atoms with Crippen molar-refractivity contribution in [3.05, 3.63) is 36.5 Å². The molecule has 0 aliphatic carbocycles. The zero-order chi connectivity index (χ0) is 13.9. The highest BCUT2D eigenvalue weighted by atomic mass is 35.5. The number of para-hydroxylation sites is 1. The predicted octanol–water partition coefficient (Wildman–Crippen LogP) is 2.12. The van der Waals surface area contributed by atoms with Gasteiger partial charge in [0, 0.05) is 43.4 Å². The largest absolute Gasteiger partial charge is 0.367 e. The van der Waals surface area contributed by atoms with Crippen LogP contribution in [0, 0.1) is 0 Å². The van der Waals surface area contributed by atoms with Gasteiger partial charge in [0.15, 0.2) is 0 Å². The molecule has 0 atom stereocenters. The molecule has 0 bridgehead atoms. The summed E-state index contributed by atoms with van der Waals surface area (Å²) in [5.74, 6) is 0.0870. The van der Waals surface area contributed by atoms with E-state index in [4.69, 9.17) is 11.6 Å². The number of halogens is 1. The maximum absolute atomic E-state index is 11.6. The number of amides is 1. The second kappa shape index (κ2) is 5.67. The molecule has 1 saturated heterocycles. The van der Waals surface area contributed by atoms with Gasteiger partial charge in [-0.1, -0.05) is 18.2 Å². The first kappa shape index (κ1) is 13.2. The quantitative estimate of drug-likeness (QED) is 0.795. The van der Waals surface area contributed by atoms with Crippen LogP contribution in [0.5, 0.6) is 0 Å². The van der Waals surface area contributed by atoms with E-state index >= 15 is 0 Å². The SMILES string of the molecule is O=C(CCl)N1CCN(c2ccnc3ccccc23)CC1. The molecule has 0 N–H and O–H groups in total. The molecule has 20 heavy (non-hydrogen) atoms. The van der Waals surface area contributed by atoms with Gasteiger partial charge in [0.2, 0.25) is 5.91 Å². The van der Waals surface area contributed by atoms with Crippen LogP contribution in [0.4, 0.5) is 5.69 Å². The van der Waals surface area contributed by atoms with Crippen molar-refractivity contribution in [1.82, 2.24) is 9.88 Å². The minimum atomic E-state index is 0.0194. The molecule has 5 heteroatoms. The van der Waals surface area contributed by atoms with Crippen LogP contribution in [0.15, 0.2) is 36.5 Å². The van der Waals surface area contributed by atoms with Gasteiger partial charge in [-0.25, -0.2) is 0 Å². The van der Waals surface area contributed by atoms with Crippen molar-refractivity contribution in [2.75, 3.05) is 37.0 Å². The summed E-state index contributed by atoms with van der Waals surface area (Å²) < 4.78 is 0. The number of hydrogen-bond donors (Lipinski definition) is 0. The van der Waals surface area contributed by atoms with E-state index < -0.39 is 0 Å². The first-order valence-corrected chi connectivity index (χ1v) is 7.25. The molecule has 4 nitrogen and oxygen atoms in total. The van der Waals surface area contributed by atoms with Crippen LogP contribution in [0.2, 0.25) is 0 Å². The zero-order valence-electron chi connectivity index (χ0n) is 11.1. The maximum Gasteiger partial charge on any atom is 0.237 e. The second-order valence-electron chi connectivity index (χ2n) is 4.85. The molecule has 1 aromatic carbocycles. The number of anilines is 1. The highest BCUT2D eigenvalue weighted by Gasteiger charge is 2.21. The molecular formula is C15H16ClN3O. The number of alkyl halides is 1. The normalized spacial score (nSPS) is 15.7. The maximum atomic E-state index is 11.6. The molecule has 1 fully saturated rings. The molecule has 2 heterocycles. The summed E-state index contributed by atoms with van der Waals surface area (Å²) in [5, 5.41) is 1.16. The van der Waals surface area contributed by atoms with E-state index in [1.165, 1.54) is 5.69 Å². The van der Waals surface area contributed by atoms with E-state index in [2.05, 4.69) is 16.0 Å². The standard InChI is InChI=1S/C15H16ClN3O/c16-11-15(20)19-9-7-18(8-10-19)14-5-6-17-13-4-2-1-3-12(13)14/h1-6H,7-11H2. The summed E-state index contributed by atoms with van der Waals surface area (Å²) in [6.07, 6.45) is 1.84. The van der Waals surface area contributed by atoms with E-state index in [0.717, 1.165) is 37.1 Å². The van der Waals surface area contributed by atoms with Gasteiger partial charge in [-0.3, -0.25) is 9.78 Å². The Morgan fingerprint density at radius 1 is 1.15 bits per heavy atom. The molecule has 0 radical (unpaired) electrons. The number of aromatic nitrogens is 1. The Kier molecular flexibility index (Phi) is 3.74. The van der Waals surface area contributed by atoms with Gasteiger partial charge in [0.25, 0.3) is 0 Å². The number of benzene rings is 1. The van der Waals surface area contributed by atoms with Gasteiger partial charge < -0.3 is 9.80 Å². The first-order valence-electron chi connectivity index (χ1n) is 6.72. The number of piperazine rings is 1. The summed E-state index contributed by atoms with van der Waals surface area (Å²) in [6, 6.07) is 10.2. The Morgan fingerprint density at radius 2 is 1.90 bits per heavy atom. The molecule has 0 spiro atoms. The third-order valence-electron chi connectivity index (χ3n) is 3.71. The van der Waals surface area contributed by atoms with Crippen molar-refractivity contribution in [2.45, 2.75) is 0 Å². The van der Waals surface area contributed by atoms with Gasteiger partial charge in [-0.05, 0) is 12.1 Å². The lowest BCUT2D eigenvalue weighted by atomic mass is 10.1. The first-order chi connectivity index (χ1) is 9.79. The Balaban J connectivity index is 1.82. The van der Waals surface area contributed by atoms with Gasteiger partial charge in [-0.2, -0.15) is 0 Å². The lowest BCUT2D eigenvalue weighted by Gasteiger charge is -2.36. The number of nitrogens with zero attached hydrogens (tertiary/aromatic N) is 3. The van der Waals surface area contributed by atoms with E-state index in [1.54, 1.807) is 0 Å². The number of pyridine rings is 1. The average Bonchev–Trinajstić information content (AvgIpc) is 2.54. The van der Waals surface area contributed by atoms with Crippen molar-refractivity contribution in [1.29, 1.82) is 0 Å². The number of rotatable bonds is 2. The minimum Gasteiger partial charge on any atom is -0.367 e. The molecule has 3 rings (SSSR count). The Morgan fingerprint density at radius 3 is 2.65 bits per heavy atom. The second-order valence-corrected chi connectivity index (χ2v) is 5.12. The topological polar surface area (TPSA) is 36.4 Å². The molecule has 104 valence electrons. The lowest BCUT2D eigenvalue weighted by molar-refractivity contribution is -0.128. The van der Waals surface area contributed by atoms with E-state index in [1.807, 2.05) is 35.4 Å². The molecule has 1 aromatic heterocycles. The summed E-state index contributed by atoms with van der Waals surface area (Å²) in [6.45, 7) is 3.11. The fourth-order valence-electron chi connectivity index (χ4n) is 2.64. The lowest BCUT2D eigenvalue weighted by Crippen LogP contribution is -2.49. The van der Waals surface area contributed by atoms with Crippen LogP contribution in [-0.2, 0) is 4.79 Å². The van der Waals surface area contributed by atoms with Crippen LogP contribution in [0.3, 0.4) is 0 Å². The minimum absolute atomic E-state index is 0.0194. The van der Waals surface area contributed by atoms with Crippen LogP contribution in [0.25, 0.3) is 10.9 Å². The molecule has 1 aliphatic heterocycles. The van der Waals surface area contributed by atoms with Crippen LogP contribution in [0.1, 0.15) is 0 Å². The molecule has 1 aliphatic rings. The Labute approximate surface area is 123 Å². The van der Waals surface area contributed by atoms with Crippen molar-refractivity contribution < 1.29 is 4.79 Å². The highest BCUT2D eigenvalue weighted by Crippen LogP contribution is 2.25. The molecule has 0 saturated carbocycles. The van der Waals surface area contributed by atoms with E-state index in [0.29, 0.717) is 0 Å². The summed E-state index contributed by atoms with van der Waals surface area (Å²) in [4.78, 5) is 20.1. The van der Waals surface area contributed by atoms with Crippen molar-refractivity contribution in [3.8, 4) is 0 Å². The summed E-state index contributed by atoms with van der Waals surface area (Å²) in [5.41, 5.74) is 2.19. The fraction of sp³-hybridized carbons (Fsp3) is 0.333. The third-order valence-corrected chi connectivity index (χ3v) is 3.94. The number of carbonyl (C=O) groups excluding carboxylic acids is 1. The highest BCUT2D eigenvalue weighted by molar-refractivity contribution is 6.27. The monoisotopic (exact) mass is 289 g/mol. The molecule has 2 aromatic rings. The number of hydrogen-bond acceptors (Lipinski definition) is 3. The van der Waals surface area contributed by atoms with Gasteiger partial charge in [-0.15, -0.1) is 11.6 Å². The van der Waals surface area contributed by atoms with Gasteiger partial charge in [0.1, 0.15) is 5.88 Å². The van der Waals surface area contributed by atoms with E-state index in [-0.39, 0.29) is 11.8 Å². The van der Waals surface area contributed by atoms with Crippen molar-refractivity contribution in [3.63, 3.8) is 0 Å². The summed E-state index contributed by atoms with van der Waals surface area (Å²) >= 11 is 5.60. The van der Waals surface area contributed by atoms with E-state index in [9.17, 15) is 4.79 Å².